The second-order valence-corrected chi connectivity index (χ2v) is 5.75. The second-order valence-electron chi connectivity index (χ2n) is 5.75. The maximum Gasteiger partial charge on any atom is 0.320 e. The highest BCUT2D eigenvalue weighted by atomic mass is 16.4. The number of hydrogen-bond acceptors (Lipinski definition) is 2. The van der Waals surface area contributed by atoms with Crippen molar-refractivity contribution in [3.05, 3.63) is 0 Å². The molecule has 0 radical (unpaired) electrons. The minimum absolute atomic E-state index is 0.314. The van der Waals surface area contributed by atoms with E-state index in [1.54, 1.807) is 0 Å². The number of rotatable bonds is 5. The van der Waals surface area contributed by atoms with Crippen LogP contribution in [0.5, 0.6) is 0 Å². The molecule has 0 aromatic heterocycles. The first-order valence-corrected chi connectivity index (χ1v) is 6.92. The molecule has 1 saturated carbocycles. The molecular weight excluding hydrogens is 214 g/mol. The van der Waals surface area contributed by atoms with Crippen LogP contribution >= 0.6 is 0 Å². The van der Waals surface area contributed by atoms with Crippen LogP contribution in [0.2, 0.25) is 0 Å². The van der Waals surface area contributed by atoms with E-state index in [9.17, 15) is 9.90 Å². The van der Waals surface area contributed by atoms with Crippen molar-refractivity contribution in [2.24, 2.45) is 11.8 Å². The van der Waals surface area contributed by atoms with Gasteiger partial charge in [0.2, 0.25) is 0 Å². The quantitative estimate of drug-likeness (QED) is 0.804. The highest BCUT2D eigenvalue weighted by Gasteiger charge is 2.31. The second kappa shape index (κ2) is 6.39. The first-order chi connectivity index (χ1) is 7.97. The zero-order chi connectivity index (χ0) is 13.0. The summed E-state index contributed by atoms with van der Waals surface area (Å²) in [4.78, 5) is 13.3. The van der Waals surface area contributed by atoms with E-state index in [0.717, 1.165) is 24.7 Å². The topological polar surface area (TPSA) is 40.5 Å². The predicted molar refractivity (Wildman–Crippen MR) is 70.1 cm³/mol. The van der Waals surface area contributed by atoms with E-state index in [0.29, 0.717) is 12.5 Å². The molecule has 1 fully saturated rings. The number of nitrogens with zero attached hydrogens (tertiary/aromatic N) is 1. The van der Waals surface area contributed by atoms with Crippen LogP contribution in [0.15, 0.2) is 0 Å². The summed E-state index contributed by atoms with van der Waals surface area (Å²) < 4.78 is 0. The largest absolute Gasteiger partial charge is 0.480 e. The fourth-order valence-corrected chi connectivity index (χ4v) is 3.07. The van der Waals surface area contributed by atoms with E-state index in [4.69, 9.17) is 0 Å². The van der Waals surface area contributed by atoms with Gasteiger partial charge in [0.15, 0.2) is 0 Å². The Morgan fingerprint density at radius 1 is 1.41 bits per heavy atom. The third kappa shape index (κ3) is 3.70. The first kappa shape index (κ1) is 14.5. The summed E-state index contributed by atoms with van der Waals surface area (Å²) in [6.45, 7) is 6.52. The molecule has 0 aromatic carbocycles. The molecule has 1 aliphatic rings. The minimum atomic E-state index is -0.679. The van der Waals surface area contributed by atoms with Crippen molar-refractivity contribution in [3.8, 4) is 0 Å². The Balaban J connectivity index is 2.62. The average molecular weight is 241 g/mol. The Morgan fingerprint density at radius 2 is 2.06 bits per heavy atom. The molecule has 0 bridgehead atoms. The number of carboxylic acids is 1. The standard InChI is InChI=1S/C14H27NO2/c1-5-13(14(16)17)15(4)12-8-6-7-11(9-12)10(2)3/h10-13H,5-9H2,1-4H3,(H,16,17). The molecule has 0 saturated heterocycles. The van der Waals surface area contributed by atoms with E-state index < -0.39 is 5.97 Å². The monoisotopic (exact) mass is 241 g/mol. The van der Waals surface area contributed by atoms with Crippen LogP contribution in [0, 0.1) is 11.8 Å². The molecule has 0 amide bonds. The first-order valence-electron chi connectivity index (χ1n) is 6.92. The molecule has 0 heterocycles. The molecule has 3 atom stereocenters. The molecule has 100 valence electrons. The molecule has 0 spiro atoms. The molecule has 0 aliphatic heterocycles. The number of aliphatic carboxylic acids is 1. The molecule has 3 unspecified atom stereocenters. The smallest absolute Gasteiger partial charge is 0.320 e. The van der Waals surface area contributed by atoms with Crippen LogP contribution in [0.3, 0.4) is 0 Å². The lowest BCUT2D eigenvalue weighted by molar-refractivity contribution is -0.144. The van der Waals surface area contributed by atoms with Gasteiger partial charge in [-0.2, -0.15) is 0 Å². The van der Waals surface area contributed by atoms with Gasteiger partial charge in [-0.3, -0.25) is 9.69 Å². The van der Waals surface area contributed by atoms with Crippen LogP contribution in [-0.4, -0.2) is 35.1 Å². The minimum Gasteiger partial charge on any atom is -0.480 e. The van der Waals surface area contributed by atoms with E-state index >= 15 is 0 Å². The van der Waals surface area contributed by atoms with Gasteiger partial charge in [-0.25, -0.2) is 0 Å². The van der Waals surface area contributed by atoms with E-state index in [1.807, 2.05) is 14.0 Å². The lowest BCUT2D eigenvalue weighted by atomic mass is 9.78. The molecule has 3 nitrogen and oxygen atoms in total. The van der Waals surface area contributed by atoms with Crippen molar-refractivity contribution in [2.45, 2.75) is 65.0 Å². The molecule has 1 rings (SSSR count). The molecule has 17 heavy (non-hydrogen) atoms. The molecule has 1 aliphatic carbocycles. The molecule has 3 heteroatoms. The predicted octanol–water partition coefficient (Wildman–Crippen LogP) is 3.00. The van der Waals surface area contributed by atoms with Gasteiger partial charge >= 0.3 is 5.97 Å². The maximum absolute atomic E-state index is 11.2. The lowest BCUT2D eigenvalue weighted by Crippen LogP contribution is -2.46. The van der Waals surface area contributed by atoms with Gasteiger partial charge in [0, 0.05) is 6.04 Å². The summed E-state index contributed by atoms with van der Waals surface area (Å²) in [5.41, 5.74) is 0. The van der Waals surface area contributed by atoms with Gasteiger partial charge in [0.25, 0.3) is 0 Å². The Hall–Kier alpha value is -0.570. The van der Waals surface area contributed by atoms with Crippen molar-refractivity contribution in [2.75, 3.05) is 7.05 Å². The summed E-state index contributed by atoms with van der Waals surface area (Å²) in [7, 11) is 1.98. The molecule has 0 aromatic rings. The summed E-state index contributed by atoms with van der Waals surface area (Å²) in [5, 5.41) is 9.21. The summed E-state index contributed by atoms with van der Waals surface area (Å²) >= 11 is 0. The SMILES string of the molecule is CCC(C(=O)O)N(C)C1CCCC(C(C)C)C1. The van der Waals surface area contributed by atoms with Crippen molar-refractivity contribution < 1.29 is 9.90 Å². The number of carboxylic acid groups (broad SMARTS) is 1. The van der Waals surface area contributed by atoms with Crippen molar-refractivity contribution in [1.82, 2.24) is 4.90 Å². The van der Waals surface area contributed by atoms with Crippen LogP contribution in [0.25, 0.3) is 0 Å². The fraction of sp³-hybridized carbons (Fsp3) is 0.929. The zero-order valence-corrected chi connectivity index (χ0v) is 11.6. The number of likely N-dealkylation sites (N-methyl/N-ethyl adjacent to an activating group) is 1. The van der Waals surface area contributed by atoms with Gasteiger partial charge in [-0.15, -0.1) is 0 Å². The van der Waals surface area contributed by atoms with Crippen LogP contribution < -0.4 is 0 Å². The normalized spacial score (nSPS) is 27.4. The van der Waals surface area contributed by atoms with Crippen LogP contribution in [-0.2, 0) is 4.79 Å². The van der Waals surface area contributed by atoms with E-state index in [2.05, 4.69) is 18.7 Å². The summed E-state index contributed by atoms with van der Waals surface area (Å²) in [6.07, 6.45) is 5.57. The van der Waals surface area contributed by atoms with Gasteiger partial charge in [0.1, 0.15) is 6.04 Å². The highest BCUT2D eigenvalue weighted by molar-refractivity contribution is 5.73. The van der Waals surface area contributed by atoms with Crippen molar-refractivity contribution >= 4 is 5.97 Å². The van der Waals surface area contributed by atoms with Crippen molar-refractivity contribution in [3.63, 3.8) is 0 Å². The van der Waals surface area contributed by atoms with Crippen LogP contribution in [0.4, 0.5) is 0 Å². The zero-order valence-electron chi connectivity index (χ0n) is 11.6. The van der Waals surface area contributed by atoms with Gasteiger partial charge in [-0.05, 0) is 38.1 Å². The summed E-state index contributed by atoms with van der Waals surface area (Å²) in [5.74, 6) is 0.806. The van der Waals surface area contributed by atoms with Gasteiger partial charge < -0.3 is 5.11 Å². The molecule has 1 N–H and O–H groups in total. The fourth-order valence-electron chi connectivity index (χ4n) is 3.07. The Labute approximate surface area is 105 Å². The average Bonchev–Trinajstić information content (AvgIpc) is 2.29. The van der Waals surface area contributed by atoms with E-state index in [-0.39, 0.29) is 6.04 Å². The van der Waals surface area contributed by atoms with Crippen LogP contribution in [0.1, 0.15) is 52.9 Å². The van der Waals surface area contributed by atoms with Gasteiger partial charge in [0.05, 0.1) is 0 Å². The Morgan fingerprint density at radius 3 is 2.53 bits per heavy atom. The summed E-state index contributed by atoms with van der Waals surface area (Å²) in [6, 6.07) is 0.142. The maximum atomic E-state index is 11.2. The Kier molecular flexibility index (Phi) is 5.44. The Bertz CT molecular complexity index is 253. The van der Waals surface area contributed by atoms with Crippen molar-refractivity contribution in [1.29, 1.82) is 0 Å². The number of hydrogen-bond donors (Lipinski definition) is 1. The lowest BCUT2D eigenvalue weighted by Gasteiger charge is -2.39. The highest BCUT2D eigenvalue weighted by Crippen LogP contribution is 2.32. The third-order valence-corrected chi connectivity index (χ3v) is 4.37. The number of carbonyl (C=O) groups is 1. The molecular formula is C14H27NO2. The third-order valence-electron chi connectivity index (χ3n) is 4.37. The van der Waals surface area contributed by atoms with Gasteiger partial charge in [-0.1, -0.05) is 33.6 Å². The van der Waals surface area contributed by atoms with E-state index in [1.165, 1.54) is 12.8 Å².